The molecule has 152 valence electrons. The van der Waals surface area contributed by atoms with E-state index < -0.39 is 0 Å². The van der Waals surface area contributed by atoms with Gasteiger partial charge in [0.25, 0.3) is 0 Å². The summed E-state index contributed by atoms with van der Waals surface area (Å²) >= 11 is 0. The first kappa shape index (κ1) is 20.4. The highest BCUT2D eigenvalue weighted by Crippen LogP contribution is 2.25. The number of nitrogens with zero attached hydrogens (tertiary/aromatic N) is 3. The van der Waals surface area contributed by atoms with E-state index in [-0.39, 0.29) is 5.82 Å². The van der Waals surface area contributed by atoms with Crippen molar-refractivity contribution in [3.63, 3.8) is 0 Å². The fraction of sp³-hybridized carbons (Fsp3) is 0.500. The lowest BCUT2D eigenvalue weighted by atomic mass is 10.0. The van der Waals surface area contributed by atoms with Crippen LogP contribution in [-0.2, 0) is 0 Å². The largest absolute Gasteiger partial charge is 0.371 e. The summed E-state index contributed by atoms with van der Waals surface area (Å²) in [4.78, 5) is 9.24. The fourth-order valence-corrected chi connectivity index (χ4v) is 4.06. The summed E-state index contributed by atoms with van der Waals surface area (Å²) in [6.07, 6.45) is 8.00. The standard InChI is InChI=1S/C21H27FN4.CH5N/c22-17-6-4-8-19(14-17)26-13-5-7-18(16-26)24-21-15-20(9-10-23-21)25-11-2-1-3-12-25;1-2/h4,6,8-10,14-15,18H,1-3,5,7,11-13,16H2,(H,23,24);2H2,1H3. The first-order valence-corrected chi connectivity index (χ1v) is 10.3. The molecular formula is C22H32FN5. The normalized spacial score (nSPS) is 19.6. The summed E-state index contributed by atoms with van der Waals surface area (Å²) < 4.78 is 13.5. The van der Waals surface area contributed by atoms with E-state index in [2.05, 4.69) is 38.0 Å². The molecule has 4 rings (SSSR count). The quantitative estimate of drug-likeness (QED) is 0.837. The van der Waals surface area contributed by atoms with Crippen molar-refractivity contribution >= 4 is 17.2 Å². The topological polar surface area (TPSA) is 57.4 Å². The Kier molecular flexibility index (Phi) is 7.48. The van der Waals surface area contributed by atoms with Gasteiger partial charge in [-0.25, -0.2) is 9.37 Å². The molecule has 0 saturated carbocycles. The molecule has 2 aromatic rings. The average molecular weight is 386 g/mol. The fourth-order valence-electron chi connectivity index (χ4n) is 4.06. The monoisotopic (exact) mass is 385 g/mol. The minimum absolute atomic E-state index is 0.173. The van der Waals surface area contributed by atoms with E-state index in [1.807, 2.05) is 12.3 Å². The Bertz CT molecular complexity index is 732. The lowest BCUT2D eigenvalue weighted by molar-refractivity contribution is 0.527. The van der Waals surface area contributed by atoms with Crippen LogP contribution in [0, 0.1) is 5.82 Å². The first-order valence-electron chi connectivity index (χ1n) is 10.3. The van der Waals surface area contributed by atoms with Gasteiger partial charge >= 0.3 is 0 Å². The number of anilines is 3. The van der Waals surface area contributed by atoms with Crippen molar-refractivity contribution in [1.29, 1.82) is 0 Å². The van der Waals surface area contributed by atoms with Gasteiger partial charge in [0.05, 0.1) is 0 Å². The molecular weight excluding hydrogens is 353 g/mol. The predicted molar refractivity (Wildman–Crippen MR) is 116 cm³/mol. The Morgan fingerprint density at radius 3 is 2.50 bits per heavy atom. The van der Waals surface area contributed by atoms with Gasteiger partial charge in [-0.15, -0.1) is 0 Å². The van der Waals surface area contributed by atoms with Gasteiger partial charge in [-0.3, -0.25) is 0 Å². The van der Waals surface area contributed by atoms with E-state index in [0.29, 0.717) is 6.04 Å². The van der Waals surface area contributed by atoms with E-state index in [4.69, 9.17) is 0 Å². The summed E-state index contributed by atoms with van der Waals surface area (Å²) in [5.74, 6) is 0.771. The molecule has 0 spiro atoms. The zero-order valence-corrected chi connectivity index (χ0v) is 16.8. The number of rotatable bonds is 4. The van der Waals surface area contributed by atoms with Crippen LogP contribution in [0.15, 0.2) is 42.6 Å². The maximum atomic E-state index is 13.5. The van der Waals surface area contributed by atoms with Crippen LogP contribution in [-0.4, -0.2) is 44.3 Å². The number of benzene rings is 1. The number of piperidine rings is 2. The van der Waals surface area contributed by atoms with Crippen LogP contribution in [0.1, 0.15) is 32.1 Å². The summed E-state index contributed by atoms with van der Waals surface area (Å²) in [5.41, 5.74) is 6.73. The summed E-state index contributed by atoms with van der Waals surface area (Å²) in [5, 5.41) is 3.60. The maximum Gasteiger partial charge on any atom is 0.128 e. The van der Waals surface area contributed by atoms with Gasteiger partial charge in [0.1, 0.15) is 11.6 Å². The zero-order valence-electron chi connectivity index (χ0n) is 16.8. The molecule has 2 aliphatic heterocycles. The SMILES string of the molecule is CN.Fc1cccc(N2CCCC(Nc3cc(N4CCCCC4)ccn3)C2)c1. The lowest BCUT2D eigenvalue weighted by Gasteiger charge is -2.35. The van der Waals surface area contributed by atoms with Crippen molar-refractivity contribution in [2.24, 2.45) is 5.73 Å². The minimum atomic E-state index is -0.173. The van der Waals surface area contributed by atoms with Gasteiger partial charge in [-0.2, -0.15) is 0 Å². The van der Waals surface area contributed by atoms with Crippen LogP contribution in [0.3, 0.4) is 0 Å². The molecule has 1 unspecified atom stereocenters. The molecule has 3 heterocycles. The van der Waals surface area contributed by atoms with Gasteiger partial charge in [-0.1, -0.05) is 6.07 Å². The minimum Gasteiger partial charge on any atom is -0.371 e. The number of hydrogen-bond donors (Lipinski definition) is 2. The highest BCUT2D eigenvalue weighted by atomic mass is 19.1. The Balaban J connectivity index is 0.00000109. The number of aromatic nitrogens is 1. The van der Waals surface area contributed by atoms with Crippen LogP contribution in [0.5, 0.6) is 0 Å². The van der Waals surface area contributed by atoms with Gasteiger partial charge in [0, 0.05) is 55.9 Å². The van der Waals surface area contributed by atoms with Crippen molar-refractivity contribution in [2.45, 2.75) is 38.1 Å². The number of nitrogens with one attached hydrogen (secondary N) is 1. The molecule has 1 atom stereocenters. The molecule has 0 bridgehead atoms. The van der Waals surface area contributed by atoms with Crippen molar-refractivity contribution in [1.82, 2.24) is 4.98 Å². The zero-order chi connectivity index (χ0) is 19.8. The Morgan fingerprint density at radius 2 is 1.71 bits per heavy atom. The highest BCUT2D eigenvalue weighted by Gasteiger charge is 2.21. The summed E-state index contributed by atoms with van der Waals surface area (Å²) in [6.45, 7) is 4.13. The van der Waals surface area contributed by atoms with E-state index in [9.17, 15) is 4.39 Å². The summed E-state index contributed by atoms with van der Waals surface area (Å²) in [7, 11) is 1.50. The van der Waals surface area contributed by atoms with Gasteiger partial charge in [0.2, 0.25) is 0 Å². The van der Waals surface area contributed by atoms with Crippen molar-refractivity contribution < 1.29 is 4.39 Å². The van der Waals surface area contributed by atoms with Crippen molar-refractivity contribution in [3.8, 4) is 0 Å². The summed E-state index contributed by atoms with van der Waals surface area (Å²) in [6, 6.07) is 11.5. The van der Waals surface area contributed by atoms with Crippen LogP contribution >= 0.6 is 0 Å². The number of halogens is 1. The van der Waals surface area contributed by atoms with Crippen molar-refractivity contribution in [3.05, 3.63) is 48.4 Å². The number of hydrogen-bond acceptors (Lipinski definition) is 5. The maximum absolute atomic E-state index is 13.5. The van der Waals surface area contributed by atoms with E-state index >= 15 is 0 Å². The molecule has 0 amide bonds. The second-order valence-corrected chi connectivity index (χ2v) is 7.36. The molecule has 5 nitrogen and oxygen atoms in total. The highest BCUT2D eigenvalue weighted by molar-refractivity contribution is 5.55. The molecule has 2 saturated heterocycles. The van der Waals surface area contributed by atoms with E-state index in [1.54, 1.807) is 12.1 Å². The molecule has 6 heteroatoms. The van der Waals surface area contributed by atoms with Crippen LogP contribution in [0.25, 0.3) is 0 Å². The molecule has 3 N–H and O–H groups in total. The number of pyridine rings is 1. The molecule has 2 aliphatic rings. The average Bonchev–Trinajstić information content (AvgIpc) is 2.76. The third-order valence-electron chi connectivity index (χ3n) is 5.41. The first-order chi connectivity index (χ1) is 13.8. The van der Waals surface area contributed by atoms with Crippen LogP contribution in [0.2, 0.25) is 0 Å². The van der Waals surface area contributed by atoms with Crippen LogP contribution < -0.4 is 20.9 Å². The Hall–Kier alpha value is -2.34. The molecule has 2 fully saturated rings. The van der Waals surface area contributed by atoms with Gasteiger partial charge < -0.3 is 20.9 Å². The smallest absolute Gasteiger partial charge is 0.128 e. The lowest BCUT2D eigenvalue weighted by Crippen LogP contribution is -2.42. The van der Waals surface area contributed by atoms with Crippen LogP contribution in [0.4, 0.5) is 21.6 Å². The molecule has 1 aromatic heterocycles. The van der Waals surface area contributed by atoms with E-state index in [0.717, 1.165) is 50.5 Å². The predicted octanol–water partition coefficient (Wildman–Crippen LogP) is 3.87. The third-order valence-corrected chi connectivity index (χ3v) is 5.41. The Labute approximate surface area is 167 Å². The molecule has 1 aromatic carbocycles. The van der Waals surface area contributed by atoms with Gasteiger partial charge in [-0.05, 0) is 63.4 Å². The second kappa shape index (κ2) is 10.3. The number of nitrogens with two attached hydrogens (primary N) is 1. The Morgan fingerprint density at radius 1 is 0.964 bits per heavy atom. The molecule has 0 aliphatic carbocycles. The van der Waals surface area contributed by atoms with Crippen molar-refractivity contribution in [2.75, 3.05) is 48.3 Å². The molecule has 0 radical (unpaired) electrons. The molecule has 28 heavy (non-hydrogen) atoms. The second-order valence-electron chi connectivity index (χ2n) is 7.36. The third kappa shape index (κ3) is 5.35. The van der Waals surface area contributed by atoms with Gasteiger partial charge in [0.15, 0.2) is 0 Å². The van der Waals surface area contributed by atoms with E-state index in [1.165, 1.54) is 38.1 Å².